The lowest BCUT2D eigenvalue weighted by atomic mass is 10.3. The third-order valence-electron chi connectivity index (χ3n) is 2.49. The molecule has 1 fully saturated rings. The van der Waals surface area contributed by atoms with Crippen molar-refractivity contribution in [2.75, 3.05) is 0 Å². The smallest absolute Gasteiger partial charge is 0.296 e. The number of nitrogens with zero attached hydrogens (tertiary/aromatic N) is 2. The molecule has 2 rings (SSSR count). The van der Waals surface area contributed by atoms with Crippen molar-refractivity contribution in [3.05, 3.63) is 11.7 Å². The molecule has 0 aromatic carbocycles. The SMILES string of the molecule is CC1CC1c1noc(CC(=O)C(F)F)n1. The van der Waals surface area contributed by atoms with Gasteiger partial charge in [-0.15, -0.1) is 0 Å². The molecule has 1 aromatic rings. The lowest BCUT2D eigenvalue weighted by molar-refractivity contribution is -0.129. The van der Waals surface area contributed by atoms with E-state index in [2.05, 4.69) is 10.1 Å². The van der Waals surface area contributed by atoms with Gasteiger partial charge < -0.3 is 4.52 Å². The molecule has 0 spiro atoms. The molecular weight excluding hydrogens is 206 g/mol. The Balaban J connectivity index is 1.98. The first kappa shape index (κ1) is 10.2. The number of aromatic nitrogens is 2. The average molecular weight is 216 g/mol. The Morgan fingerprint density at radius 2 is 2.33 bits per heavy atom. The summed E-state index contributed by atoms with van der Waals surface area (Å²) in [5.74, 6) is 0.105. The largest absolute Gasteiger partial charge is 0.339 e. The summed E-state index contributed by atoms with van der Waals surface area (Å²) >= 11 is 0. The predicted molar refractivity (Wildman–Crippen MR) is 45.5 cm³/mol. The summed E-state index contributed by atoms with van der Waals surface area (Å²) in [6.07, 6.45) is -2.46. The molecule has 0 aliphatic heterocycles. The molecular formula is C9H10F2N2O2. The fourth-order valence-electron chi connectivity index (χ4n) is 1.40. The first-order chi connectivity index (χ1) is 7.08. The summed E-state index contributed by atoms with van der Waals surface area (Å²) < 4.78 is 28.5. The van der Waals surface area contributed by atoms with Gasteiger partial charge in [-0.2, -0.15) is 4.98 Å². The number of rotatable bonds is 4. The number of halogens is 2. The Bertz CT molecular complexity index is 378. The van der Waals surface area contributed by atoms with Crippen LogP contribution in [0.1, 0.15) is 31.0 Å². The summed E-state index contributed by atoms with van der Waals surface area (Å²) in [5, 5.41) is 3.66. The molecule has 1 heterocycles. The van der Waals surface area contributed by atoms with E-state index in [4.69, 9.17) is 4.52 Å². The van der Waals surface area contributed by atoms with Crippen LogP contribution >= 0.6 is 0 Å². The predicted octanol–water partition coefficient (Wildman–Crippen LogP) is 1.57. The minimum atomic E-state index is -2.97. The van der Waals surface area contributed by atoms with Crippen molar-refractivity contribution < 1.29 is 18.1 Å². The molecule has 0 saturated heterocycles. The van der Waals surface area contributed by atoms with Gasteiger partial charge in [-0.3, -0.25) is 4.79 Å². The van der Waals surface area contributed by atoms with E-state index in [1.54, 1.807) is 0 Å². The van der Waals surface area contributed by atoms with E-state index < -0.39 is 18.6 Å². The Hall–Kier alpha value is -1.33. The molecule has 0 bridgehead atoms. The van der Waals surface area contributed by atoms with Gasteiger partial charge in [-0.05, 0) is 12.3 Å². The Kier molecular flexibility index (Phi) is 2.50. The fraction of sp³-hybridized carbons (Fsp3) is 0.667. The maximum atomic E-state index is 11.9. The summed E-state index contributed by atoms with van der Waals surface area (Å²) in [6, 6.07) is 0. The first-order valence-corrected chi connectivity index (χ1v) is 4.71. The van der Waals surface area contributed by atoms with Gasteiger partial charge in [0.15, 0.2) is 5.82 Å². The highest BCUT2D eigenvalue weighted by atomic mass is 19.3. The molecule has 1 aromatic heterocycles. The second-order valence-electron chi connectivity index (χ2n) is 3.81. The lowest BCUT2D eigenvalue weighted by Gasteiger charge is -1.92. The molecule has 2 atom stereocenters. The van der Waals surface area contributed by atoms with Crippen LogP contribution in [0.5, 0.6) is 0 Å². The number of Topliss-reactive ketones (excluding diaryl/α,β-unsaturated/α-hetero) is 1. The number of carbonyl (C=O) groups is 1. The lowest BCUT2D eigenvalue weighted by Crippen LogP contribution is -2.12. The van der Waals surface area contributed by atoms with E-state index in [1.807, 2.05) is 6.92 Å². The van der Waals surface area contributed by atoms with Gasteiger partial charge in [-0.1, -0.05) is 12.1 Å². The average Bonchev–Trinajstić information content (AvgIpc) is 2.73. The molecule has 1 aliphatic rings. The normalized spacial score (nSPS) is 24.5. The Labute approximate surface area is 84.7 Å². The van der Waals surface area contributed by atoms with Gasteiger partial charge in [0.05, 0.1) is 6.42 Å². The zero-order chi connectivity index (χ0) is 11.0. The second-order valence-corrected chi connectivity index (χ2v) is 3.81. The van der Waals surface area contributed by atoms with Crippen LogP contribution in [0.4, 0.5) is 8.78 Å². The van der Waals surface area contributed by atoms with Gasteiger partial charge in [0.25, 0.3) is 6.43 Å². The van der Waals surface area contributed by atoms with Crippen molar-refractivity contribution in [1.82, 2.24) is 10.1 Å². The van der Waals surface area contributed by atoms with Gasteiger partial charge in [0, 0.05) is 5.92 Å². The Morgan fingerprint density at radius 3 is 2.87 bits per heavy atom. The second kappa shape index (κ2) is 3.67. The van der Waals surface area contributed by atoms with Crippen LogP contribution in [0, 0.1) is 5.92 Å². The highest BCUT2D eigenvalue weighted by Gasteiger charge is 2.38. The zero-order valence-corrected chi connectivity index (χ0v) is 8.11. The maximum absolute atomic E-state index is 11.9. The minimum Gasteiger partial charge on any atom is -0.339 e. The number of alkyl halides is 2. The van der Waals surface area contributed by atoms with Crippen molar-refractivity contribution >= 4 is 5.78 Å². The Morgan fingerprint density at radius 1 is 1.67 bits per heavy atom. The highest BCUT2D eigenvalue weighted by Crippen LogP contribution is 2.45. The molecule has 0 radical (unpaired) electrons. The standard InChI is InChI=1S/C9H10F2N2O2/c1-4-2-5(4)9-12-7(15-13-9)3-6(14)8(10)11/h4-5,8H,2-3H2,1H3. The van der Waals surface area contributed by atoms with Crippen molar-refractivity contribution in [3.8, 4) is 0 Å². The van der Waals surface area contributed by atoms with Crippen molar-refractivity contribution in [2.45, 2.75) is 32.1 Å². The van der Waals surface area contributed by atoms with E-state index in [0.29, 0.717) is 11.7 Å². The van der Waals surface area contributed by atoms with E-state index in [-0.39, 0.29) is 11.8 Å². The van der Waals surface area contributed by atoms with E-state index in [1.165, 1.54) is 0 Å². The molecule has 1 saturated carbocycles. The molecule has 4 nitrogen and oxygen atoms in total. The fourth-order valence-corrected chi connectivity index (χ4v) is 1.40. The molecule has 6 heteroatoms. The molecule has 15 heavy (non-hydrogen) atoms. The van der Waals surface area contributed by atoms with E-state index in [9.17, 15) is 13.6 Å². The van der Waals surface area contributed by atoms with Gasteiger partial charge in [-0.25, -0.2) is 8.78 Å². The van der Waals surface area contributed by atoms with Gasteiger partial charge in [0.2, 0.25) is 11.7 Å². The summed E-state index contributed by atoms with van der Waals surface area (Å²) in [5.41, 5.74) is 0. The molecule has 82 valence electrons. The topological polar surface area (TPSA) is 56.0 Å². The van der Waals surface area contributed by atoms with Crippen LogP contribution < -0.4 is 0 Å². The number of ketones is 1. The minimum absolute atomic E-state index is 0.0191. The van der Waals surface area contributed by atoms with Gasteiger partial charge in [0.1, 0.15) is 0 Å². The monoisotopic (exact) mass is 216 g/mol. The number of hydrogen-bond acceptors (Lipinski definition) is 4. The number of hydrogen-bond donors (Lipinski definition) is 0. The zero-order valence-electron chi connectivity index (χ0n) is 8.11. The summed E-state index contributed by atoms with van der Waals surface area (Å²) in [6.45, 7) is 2.05. The maximum Gasteiger partial charge on any atom is 0.296 e. The van der Waals surface area contributed by atoms with Crippen LogP contribution in [0.3, 0.4) is 0 Å². The van der Waals surface area contributed by atoms with Crippen molar-refractivity contribution in [1.29, 1.82) is 0 Å². The third-order valence-corrected chi connectivity index (χ3v) is 2.49. The van der Waals surface area contributed by atoms with E-state index >= 15 is 0 Å². The van der Waals surface area contributed by atoms with Crippen LogP contribution in [-0.2, 0) is 11.2 Å². The van der Waals surface area contributed by atoms with Crippen LogP contribution in [0.25, 0.3) is 0 Å². The number of carbonyl (C=O) groups excluding carboxylic acids is 1. The van der Waals surface area contributed by atoms with Crippen molar-refractivity contribution in [2.24, 2.45) is 5.92 Å². The van der Waals surface area contributed by atoms with Crippen LogP contribution in [0.2, 0.25) is 0 Å². The molecule has 1 aliphatic carbocycles. The molecule has 0 amide bonds. The molecule has 2 unspecified atom stereocenters. The highest BCUT2D eigenvalue weighted by molar-refractivity contribution is 5.82. The summed E-state index contributed by atoms with van der Waals surface area (Å²) in [4.78, 5) is 14.6. The van der Waals surface area contributed by atoms with Crippen LogP contribution in [-0.4, -0.2) is 22.3 Å². The van der Waals surface area contributed by atoms with Gasteiger partial charge >= 0.3 is 0 Å². The quantitative estimate of drug-likeness (QED) is 0.766. The first-order valence-electron chi connectivity index (χ1n) is 4.71. The molecule has 0 N–H and O–H groups in total. The van der Waals surface area contributed by atoms with E-state index in [0.717, 1.165) is 6.42 Å². The van der Waals surface area contributed by atoms with Crippen LogP contribution in [0.15, 0.2) is 4.52 Å². The van der Waals surface area contributed by atoms with Crippen molar-refractivity contribution in [3.63, 3.8) is 0 Å². The third kappa shape index (κ3) is 2.19. The summed E-state index contributed by atoms with van der Waals surface area (Å²) in [7, 11) is 0.